The second-order valence-corrected chi connectivity index (χ2v) is 6.98. The molecule has 3 aliphatic rings. The fourth-order valence-electron chi connectivity index (χ4n) is 3.25. The first kappa shape index (κ1) is 12.0. The van der Waals surface area contributed by atoms with Gasteiger partial charge in [0.15, 0.2) is 10.8 Å². The van der Waals surface area contributed by atoms with Crippen LogP contribution in [0.15, 0.2) is 22.7 Å². The lowest BCUT2D eigenvalue weighted by Crippen LogP contribution is -2.65. The second-order valence-electron chi connectivity index (χ2n) is 5.74. The number of fused-ring (bicyclic) bond motifs is 4. The Kier molecular flexibility index (Phi) is 2.43. The molecule has 3 nitrogen and oxygen atoms in total. The highest BCUT2D eigenvalue weighted by Gasteiger charge is 2.52. The van der Waals surface area contributed by atoms with E-state index in [0.717, 1.165) is 21.8 Å². The maximum Gasteiger partial charge on any atom is 0.184 e. The predicted molar refractivity (Wildman–Crippen MR) is 81.1 cm³/mol. The van der Waals surface area contributed by atoms with Crippen LogP contribution in [-0.4, -0.2) is 21.8 Å². The van der Waals surface area contributed by atoms with Gasteiger partial charge >= 0.3 is 0 Å². The molecule has 0 spiro atoms. The third-order valence-electron chi connectivity index (χ3n) is 4.22. The summed E-state index contributed by atoms with van der Waals surface area (Å²) < 4.78 is 7.38. The van der Waals surface area contributed by atoms with Crippen molar-refractivity contribution in [2.24, 2.45) is 0 Å². The number of hydrogen-bond acceptors (Lipinski definition) is 2. The van der Waals surface area contributed by atoms with Crippen molar-refractivity contribution in [2.45, 2.75) is 44.0 Å². The number of thiocarbonyl (C=S) groups is 1. The third-order valence-corrected chi connectivity index (χ3v) is 5.15. The van der Waals surface area contributed by atoms with Gasteiger partial charge < -0.3 is 15.0 Å². The molecular formula is C14H15BrN2OS. The number of nitrogens with one attached hydrogen (secondary N) is 1. The van der Waals surface area contributed by atoms with Crippen LogP contribution in [0.2, 0.25) is 0 Å². The molecule has 1 aliphatic carbocycles. The molecule has 2 fully saturated rings. The van der Waals surface area contributed by atoms with E-state index in [4.69, 9.17) is 17.0 Å². The molecule has 0 radical (unpaired) electrons. The molecule has 1 saturated carbocycles. The number of para-hydroxylation sites is 1. The van der Waals surface area contributed by atoms with Crippen molar-refractivity contribution in [3.05, 3.63) is 28.2 Å². The summed E-state index contributed by atoms with van der Waals surface area (Å²) in [5.41, 5.74) is 0.884. The number of ether oxygens (including phenoxy) is 1. The molecule has 1 saturated heterocycles. The minimum absolute atomic E-state index is 0.258. The van der Waals surface area contributed by atoms with Crippen LogP contribution in [0.3, 0.4) is 0 Å². The third kappa shape index (κ3) is 1.71. The van der Waals surface area contributed by atoms with Gasteiger partial charge in [-0.3, -0.25) is 0 Å². The first-order valence-corrected chi connectivity index (χ1v) is 7.86. The van der Waals surface area contributed by atoms with Crippen molar-refractivity contribution in [2.75, 3.05) is 0 Å². The average Bonchev–Trinajstić information content (AvgIpc) is 3.14. The Labute approximate surface area is 126 Å². The second kappa shape index (κ2) is 3.85. The number of halogens is 1. The Hall–Kier alpha value is -0.810. The standard InChI is InChI=1S/C14H15BrN2OS/c1-14-7-11(16-13(19)17(14)8-5-6-8)9-3-2-4-10(15)12(9)18-14/h2-4,8,11H,5-7H2,1H3,(H,16,19). The summed E-state index contributed by atoms with van der Waals surface area (Å²) in [6, 6.07) is 7.01. The normalized spacial score (nSPS) is 32.4. The minimum Gasteiger partial charge on any atom is -0.467 e. The van der Waals surface area contributed by atoms with Crippen LogP contribution in [0.25, 0.3) is 0 Å². The quantitative estimate of drug-likeness (QED) is 0.793. The van der Waals surface area contributed by atoms with Crippen LogP contribution in [0.4, 0.5) is 0 Å². The lowest BCUT2D eigenvalue weighted by molar-refractivity contribution is -0.0727. The molecule has 4 rings (SSSR count). The molecule has 19 heavy (non-hydrogen) atoms. The lowest BCUT2D eigenvalue weighted by Gasteiger charge is -2.52. The van der Waals surface area contributed by atoms with Crippen molar-refractivity contribution in [1.29, 1.82) is 0 Å². The summed E-state index contributed by atoms with van der Waals surface area (Å²) in [6.45, 7) is 2.16. The van der Waals surface area contributed by atoms with Crippen molar-refractivity contribution in [3.63, 3.8) is 0 Å². The summed E-state index contributed by atoms with van der Waals surface area (Å²) in [5.74, 6) is 0.960. The van der Waals surface area contributed by atoms with Gasteiger partial charge in [-0.15, -0.1) is 0 Å². The maximum absolute atomic E-state index is 6.36. The lowest BCUT2D eigenvalue weighted by atomic mass is 9.90. The highest BCUT2D eigenvalue weighted by atomic mass is 79.9. The van der Waals surface area contributed by atoms with Gasteiger partial charge in [-0.1, -0.05) is 12.1 Å². The Balaban J connectivity index is 1.83. The zero-order valence-electron chi connectivity index (χ0n) is 10.6. The van der Waals surface area contributed by atoms with Crippen LogP contribution >= 0.6 is 28.1 Å². The van der Waals surface area contributed by atoms with E-state index >= 15 is 0 Å². The molecule has 0 amide bonds. The van der Waals surface area contributed by atoms with Crippen molar-refractivity contribution >= 4 is 33.3 Å². The van der Waals surface area contributed by atoms with Crippen LogP contribution in [-0.2, 0) is 0 Å². The first-order valence-electron chi connectivity index (χ1n) is 6.66. The van der Waals surface area contributed by atoms with Crippen molar-refractivity contribution in [3.8, 4) is 5.75 Å². The molecule has 0 aromatic heterocycles. The van der Waals surface area contributed by atoms with Crippen LogP contribution < -0.4 is 10.1 Å². The largest absolute Gasteiger partial charge is 0.467 e. The van der Waals surface area contributed by atoms with Crippen molar-refractivity contribution in [1.82, 2.24) is 10.2 Å². The molecular weight excluding hydrogens is 324 g/mol. The van der Waals surface area contributed by atoms with Crippen molar-refractivity contribution < 1.29 is 4.74 Å². The van der Waals surface area contributed by atoms with Gasteiger partial charge in [0.25, 0.3) is 0 Å². The van der Waals surface area contributed by atoms with E-state index in [-0.39, 0.29) is 11.8 Å². The molecule has 1 aromatic rings. The van der Waals surface area contributed by atoms with Crippen LogP contribution in [0.5, 0.6) is 5.75 Å². The summed E-state index contributed by atoms with van der Waals surface area (Å²) in [5, 5.41) is 4.32. The van der Waals surface area contributed by atoms with Crippen LogP contribution in [0, 0.1) is 0 Å². The maximum atomic E-state index is 6.36. The van der Waals surface area contributed by atoms with Gasteiger partial charge in [0.2, 0.25) is 0 Å². The number of nitrogens with zero attached hydrogens (tertiary/aromatic N) is 1. The zero-order valence-corrected chi connectivity index (χ0v) is 13.1. The van der Waals surface area contributed by atoms with E-state index in [1.165, 1.54) is 18.4 Å². The molecule has 2 heterocycles. The Bertz CT molecular complexity index is 575. The number of benzene rings is 1. The fraction of sp³-hybridized carbons (Fsp3) is 0.500. The molecule has 1 N–H and O–H groups in total. The molecule has 2 bridgehead atoms. The molecule has 1 aromatic carbocycles. The smallest absolute Gasteiger partial charge is 0.184 e. The fourth-order valence-corrected chi connectivity index (χ4v) is 4.20. The summed E-state index contributed by atoms with van der Waals surface area (Å²) in [6.07, 6.45) is 3.37. The SMILES string of the molecule is CC12CC(NC(=S)N1C1CC1)c1cccc(Br)c1O2. The van der Waals surface area contributed by atoms with Gasteiger partial charge in [-0.2, -0.15) is 0 Å². The Morgan fingerprint density at radius 3 is 3.00 bits per heavy atom. The highest BCUT2D eigenvalue weighted by molar-refractivity contribution is 9.10. The summed E-state index contributed by atoms with van der Waals surface area (Å²) >= 11 is 9.15. The first-order chi connectivity index (χ1) is 9.08. The monoisotopic (exact) mass is 338 g/mol. The van der Waals surface area contributed by atoms with E-state index < -0.39 is 0 Å². The molecule has 2 aliphatic heterocycles. The molecule has 2 atom stereocenters. The molecule has 5 heteroatoms. The van der Waals surface area contributed by atoms with E-state index in [1.54, 1.807) is 0 Å². The zero-order chi connectivity index (χ0) is 13.2. The van der Waals surface area contributed by atoms with Gasteiger partial charge in [0, 0.05) is 18.0 Å². The number of hydrogen-bond donors (Lipinski definition) is 1. The van der Waals surface area contributed by atoms with E-state index in [0.29, 0.717) is 6.04 Å². The van der Waals surface area contributed by atoms with E-state index in [1.807, 2.05) is 12.1 Å². The number of rotatable bonds is 1. The Morgan fingerprint density at radius 2 is 2.26 bits per heavy atom. The topological polar surface area (TPSA) is 24.5 Å². The van der Waals surface area contributed by atoms with Gasteiger partial charge in [-0.25, -0.2) is 0 Å². The summed E-state index contributed by atoms with van der Waals surface area (Å²) in [7, 11) is 0. The summed E-state index contributed by atoms with van der Waals surface area (Å²) in [4.78, 5) is 2.27. The minimum atomic E-state index is -0.314. The van der Waals surface area contributed by atoms with E-state index in [9.17, 15) is 0 Å². The van der Waals surface area contributed by atoms with E-state index in [2.05, 4.69) is 39.1 Å². The average molecular weight is 339 g/mol. The Morgan fingerprint density at radius 1 is 1.47 bits per heavy atom. The molecule has 100 valence electrons. The molecule has 2 unspecified atom stereocenters. The van der Waals surface area contributed by atoms with Gasteiger partial charge in [0.05, 0.1) is 10.5 Å². The van der Waals surface area contributed by atoms with Crippen LogP contribution in [0.1, 0.15) is 37.8 Å². The van der Waals surface area contributed by atoms with Gasteiger partial charge in [0.1, 0.15) is 5.75 Å². The van der Waals surface area contributed by atoms with Gasteiger partial charge in [-0.05, 0) is 54.0 Å². The predicted octanol–water partition coefficient (Wildman–Crippen LogP) is 3.34. The highest BCUT2D eigenvalue weighted by Crippen LogP contribution is 2.49.